The summed E-state index contributed by atoms with van der Waals surface area (Å²) in [6.45, 7) is 1.54. The van der Waals surface area contributed by atoms with Gasteiger partial charge < -0.3 is 18.9 Å². The van der Waals surface area contributed by atoms with Gasteiger partial charge in [0, 0.05) is 13.2 Å². The van der Waals surface area contributed by atoms with Crippen molar-refractivity contribution in [2.45, 2.75) is 37.9 Å². The Balaban J connectivity index is 0.973. The van der Waals surface area contributed by atoms with Crippen LogP contribution < -0.4 is 9.47 Å². The normalized spacial score (nSPS) is 20.3. The third-order valence-corrected chi connectivity index (χ3v) is 8.48. The quantitative estimate of drug-likeness (QED) is 0.207. The van der Waals surface area contributed by atoms with E-state index in [0.717, 1.165) is 35.5 Å². The number of rotatable bonds is 8. The highest BCUT2D eigenvalue weighted by atomic mass is 16.5. The van der Waals surface area contributed by atoms with Crippen LogP contribution in [-0.4, -0.2) is 83.9 Å². The van der Waals surface area contributed by atoms with Gasteiger partial charge in [0.05, 0.1) is 58.7 Å². The number of benzene rings is 3. The Kier molecular flexibility index (Phi) is 7.67. The van der Waals surface area contributed by atoms with Crippen molar-refractivity contribution in [3.8, 4) is 11.5 Å². The number of imide groups is 2. The minimum Gasteiger partial charge on any atom is -0.423 e. The summed E-state index contributed by atoms with van der Waals surface area (Å²) >= 11 is 0. The number of carbonyl (C=O) groups is 6. The van der Waals surface area contributed by atoms with Crippen molar-refractivity contribution >= 4 is 35.6 Å². The monoisotopic (exact) mass is 624 g/mol. The van der Waals surface area contributed by atoms with Gasteiger partial charge in [0.1, 0.15) is 11.5 Å². The molecule has 12 heteroatoms. The molecule has 12 nitrogen and oxygen atoms in total. The van der Waals surface area contributed by atoms with Crippen LogP contribution in [0, 0.1) is 0 Å². The molecule has 7 rings (SSSR count). The van der Waals surface area contributed by atoms with Crippen LogP contribution in [0.2, 0.25) is 0 Å². The zero-order valence-corrected chi connectivity index (χ0v) is 24.6. The van der Waals surface area contributed by atoms with Crippen molar-refractivity contribution in [3.63, 3.8) is 0 Å². The number of hydrogen-bond acceptors (Lipinski definition) is 10. The van der Waals surface area contributed by atoms with E-state index in [4.69, 9.17) is 18.9 Å². The molecule has 3 aromatic rings. The maximum absolute atomic E-state index is 12.9. The maximum Gasteiger partial charge on any atom is 0.343 e. The molecule has 0 aliphatic carbocycles. The average molecular weight is 625 g/mol. The fraction of sp³-hybridized carbons (Fsp3) is 0.294. The largest absolute Gasteiger partial charge is 0.423 e. The van der Waals surface area contributed by atoms with Crippen molar-refractivity contribution in [2.24, 2.45) is 0 Å². The lowest BCUT2D eigenvalue weighted by Gasteiger charge is -2.17. The molecular formula is C34H28N2O10. The van der Waals surface area contributed by atoms with Crippen LogP contribution in [-0.2, 0) is 9.47 Å². The number of amides is 4. The summed E-state index contributed by atoms with van der Waals surface area (Å²) < 4.78 is 22.0. The zero-order valence-electron chi connectivity index (χ0n) is 24.6. The van der Waals surface area contributed by atoms with Gasteiger partial charge in [0.25, 0.3) is 23.6 Å². The predicted octanol–water partition coefficient (Wildman–Crippen LogP) is 3.68. The average Bonchev–Trinajstić information content (AvgIpc) is 3.87. The summed E-state index contributed by atoms with van der Waals surface area (Å²) in [7, 11) is 0. The number of ether oxygens (including phenoxy) is 4. The molecule has 4 heterocycles. The van der Waals surface area contributed by atoms with Gasteiger partial charge >= 0.3 is 11.9 Å². The third kappa shape index (κ3) is 5.46. The van der Waals surface area contributed by atoms with Gasteiger partial charge in [-0.15, -0.1) is 0 Å². The van der Waals surface area contributed by atoms with Gasteiger partial charge in [0.2, 0.25) is 0 Å². The molecular weight excluding hydrogens is 596 g/mol. The molecule has 0 aromatic heterocycles. The van der Waals surface area contributed by atoms with Crippen LogP contribution in [0.3, 0.4) is 0 Å². The molecule has 0 N–H and O–H groups in total. The Labute approximate surface area is 262 Å². The fourth-order valence-corrected chi connectivity index (χ4v) is 6.06. The lowest BCUT2D eigenvalue weighted by molar-refractivity contribution is 0.0468. The third-order valence-electron chi connectivity index (χ3n) is 8.48. The number of esters is 2. The molecule has 2 fully saturated rings. The van der Waals surface area contributed by atoms with E-state index < -0.39 is 35.6 Å². The molecule has 0 unspecified atom stereocenters. The second kappa shape index (κ2) is 12.0. The fourth-order valence-electron chi connectivity index (χ4n) is 6.06. The smallest absolute Gasteiger partial charge is 0.343 e. The van der Waals surface area contributed by atoms with E-state index in [0.29, 0.717) is 13.2 Å². The molecule has 3 aromatic carbocycles. The van der Waals surface area contributed by atoms with E-state index in [9.17, 15) is 28.8 Å². The number of fused-ring (bicyclic) bond motifs is 2. The van der Waals surface area contributed by atoms with Crippen LogP contribution >= 0.6 is 0 Å². The van der Waals surface area contributed by atoms with Crippen LogP contribution in [0.25, 0.3) is 0 Å². The van der Waals surface area contributed by atoms with E-state index in [2.05, 4.69) is 0 Å². The SMILES string of the molecule is O=C(Oc1ccc(OC(=O)c2ccc3c(c2)C(=O)N(C[C@@H]2CCCO2)C3=O)cc1)c1ccc2c(c1)C(=O)N(C[C@@H]1CCCO1)C2=O. The molecule has 234 valence electrons. The Morgan fingerprint density at radius 3 is 1.35 bits per heavy atom. The maximum atomic E-state index is 12.9. The second-order valence-electron chi connectivity index (χ2n) is 11.5. The summed E-state index contributed by atoms with van der Waals surface area (Å²) in [5.41, 5.74) is 0.893. The van der Waals surface area contributed by atoms with Crippen molar-refractivity contribution in [1.82, 2.24) is 9.80 Å². The highest BCUT2D eigenvalue weighted by molar-refractivity contribution is 6.22. The van der Waals surface area contributed by atoms with Gasteiger partial charge in [0.15, 0.2) is 0 Å². The van der Waals surface area contributed by atoms with Crippen molar-refractivity contribution in [1.29, 1.82) is 0 Å². The molecule has 0 saturated carbocycles. The lowest BCUT2D eigenvalue weighted by atomic mass is 10.1. The Morgan fingerprint density at radius 2 is 0.978 bits per heavy atom. The molecule has 0 bridgehead atoms. The van der Waals surface area contributed by atoms with Crippen molar-refractivity contribution in [3.05, 3.63) is 94.0 Å². The first-order valence-electron chi connectivity index (χ1n) is 15.0. The van der Waals surface area contributed by atoms with Gasteiger partial charge in [-0.2, -0.15) is 0 Å². The van der Waals surface area contributed by atoms with Gasteiger partial charge in [-0.3, -0.25) is 29.0 Å². The summed E-state index contributed by atoms with van der Waals surface area (Å²) in [5, 5.41) is 0. The van der Waals surface area contributed by atoms with Crippen molar-refractivity contribution < 1.29 is 47.7 Å². The van der Waals surface area contributed by atoms with Gasteiger partial charge in [-0.25, -0.2) is 9.59 Å². The number of nitrogens with zero attached hydrogens (tertiary/aromatic N) is 2. The first-order chi connectivity index (χ1) is 22.3. The zero-order chi connectivity index (χ0) is 31.9. The topological polar surface area (TPSA) is 146 Å². The predicted molar refractivity (Wildman–Crippen MR) is 158 cm³/mol. The second-order valence-corrected chi connectivity index (χ2v) is 11.5. The highest BCUT2D eigenvalue weighted by Gasteiger charge is 2.39. The van der Waals surface area contributed by atoms with Crippen LogP contribution in [0.15, 0.2) is 60.7 Å². The van der Waals surface area contributed by atoms with Crippen LogP contribution in [0.5, 0.6) is 11.5 Å². The molecule has 46 heavy (non-hydrogen) atoms. The Hall–Kier alpha value is -5.20. The van der Waals surface area contributed by atoms with Gasteiger partial charge in [-0.1, -0.05) is 0 Å². The minimum atomic E-state index is -0.740. The molecule has 2 atom stereocenters. The summed E-state index contributed by atoms with van der Waals surface area (Å²) in [5.74, 6) is -2.97. The molecule has 0 radical (unpaired) electrons. The first-order valence-corrected chi connectivity index (χ1v) is 15.0. The van der Waals surface area contributed by atoms with Gasteiger partial charge in [-0.05, 0) is 86.3 Å². The summed E-state index contributed by atoms with van der Waals surface area (Å²) in [4.78, 5) is 79.5. The Morgan fingerprint density at radius 1 is 0.587 bits per heavy atom. The number of carbonyl (C=O) groups excluding carboxylic acids is 6. The highest BCUT2D eigenvalue weighted by Crippen LogP contribution is 2.29. The molecule has 4 amide bonds. The van der Waals surface area contributed by atoms with Crippen molar-refractivity contribution in [2.75, 3.05) is 26.3 Å². The van der Waals surface area contributed by atoms with E-state index in [1.807, 2.05) is 0 Å². The standard InChI is InChI=1S/C34H28N2O10/c37-29-25-11-5-19(15-27(25)31(39)35(29)17-23-3-1-13-43-23)33(41)45-21-7-9-22(10-8-21)46-34(42)20-6-12-26-28(16-20)32(40)36(30(26)38)18-24-4-2-14-44-24/h5-12,15-16,23-24H,1-4,13-14,17-18H2/t23-,24-/m0/s1. The first kappa shape index (κ1) is 29.5. The van der Waals surface area contributed by atoms with E-state index in [1.165, 1.54) is 60.7 Å². The molecule has 4 aliphatic heterocycles. The van der Waals surface area contributed by atoms with Crippen LogP contribution in [0.4, 0.5) is 0 Å². The lowest BCUT2D eigenvalue weighted by Crippen LogP contribution is -2.36. The van der Waals surface area contributed by atoms with Crippen LogP contribution in [0.1, 0.15) is 87.8 Å². The van der Waals surface area contributed by atoms with E-state index >= 15 is 0 Å². The Bertz CT molecular complexity index is 1660. The van der Waals surface area contributed by atoms with E-state index in [1.54, 1.807) is 0 Å². The molecule has 0 spiro atoms. The summed E-state index contributed by atoms with van der Waals surface area (Å²) in [6, 6.07) is 14.1. The minimum absolute atomic E-state index is 0.0911. The summed E-state index contributed by atoms with van der Waals surface area (Å²) in [6.07, 6.45) is 2.92. The van der Waals surface area contributed by atoms with E-state index in [-0.39, 0.29) is 70.2 Å². The number of hydrogen-bond donors (Lipinski definition) is 0. The molecule has 4 aliphatic rings. The molecule has 2 saturated heterocycles.